The number of aromatic carboxylic acids is 1. The minimum absolute atomic E-state index is 0.0180. The number of nitrogens with two attached hydrogens (primary N) is 1. The fourth-order valence-corrected chi connectivity index (χ4v) is 2.91. The van der Waals surface area contributed by atoms with Crippen LogP contribution in [-0.2, 0) is 0 Å². The lowest BCUT2D eigenvalue weighted by Gasteiger charge is -2.07. The standard InChI is InChI=1S/C14H12N4O2S/c1-7-2-3-9-10(6-7)21-14(17-9)18-12-11(15)8(13(19)20)4-5-16-12/h2-6H,15H2,1H3,(H,19,20)(H,16,17,18). The Balaban J connectivity index is 1.98. The Morgan fingerprint density at radius 1 is 1.38 bits per heavy atom. The maximum absolute atomic E-state index is 11.1. The minimum atomic E-state index is -1.09. The van der Waals surface area contributed by atoms with Gasteiger partial charge in [0.05, 0.1) is 21.5 Å². The van der Waals surface area contributed by atoms with Gasteiger partial charge in [-0.2, -0.15) is 0 Å². The van der Waals surface area contributed by atoms with Crippen LogP contribution < -0.4 is 11.1 Å². The number of rotatable bonds is 3. The molecule has 0 saturated heterocycles. The summed E-state index contributed by atoms with van der Waals surface area (Å²) in [5, 5.41) is 12.7. The lowest BCUT2D eigenvalue weighted by molar-refractivity contribution is 0.0698. The quantitative estimate of drug-likeness (QED) is 0.687. The number of fused-ring (bicyclic) bond motifs is 1. The molecule has 2 heterocycles. The minimum Gasteiger partial charge on any atom is -0.478 e. The first-order valence-corrected chi connectivity index (χ1v) is 6.98. The number of aromatic nitrogens is 2. The van der Waals surface area contributed by atoms with Crippen molar-refractivity contribution in [3.05, 3.63) is 41.6 Å². The summed E-state index contributed by atoms with van der Waals surface area (Å²) in [6, 6.07) is 7.34. The van der Waals surface area contributed by atoms with Gasteiger partial charge >= 0.3 is 5.97 Å². The number of carboxylic acid groups (broad SMARTS) is 1. The Hall–Kier alpha value is -2.67. The molecule has 6 nitrogen and oxygen atoms in total. The van der Waals surface area contributed by atoms with Gasteiger partial charge in [-0.25, -0.2) is 14.8 Å². The van der Waals surface area contributed by atoms with Gasteiger partial charge in [-0.15, -0.1) is 0 Å². The van der Waals surface area contributed by atoms with Gasteiger partial charge in [0.2, 0.25) is 0 Å². The first kappa shape index (κ1) is 13.3. The molecule has 0 aliphatic carbocycles. The summed E-state index contributed by atoms with van der Waals surface area (Å²) in [4.78, 5) is 19.6. The molecule has 2 aromatic heterocycles. The Morgan fingerprint density at radius 3 is 2.95 bits per heavy atom. The summed E-state index contributed by atoms with van der Waals surface area (Å²) in [7, 11) is 0. The van der Waals surface area contributed by atoms with Gasteiger partial charge in [0, 0.05) is 6.20 Å². The van der Waals surface area contributed by atoms with Crippen molar-refractivity contribution < 1.29 is 9.90 Å². The molecule has 7 heteroatoms. The fraction of sp³-hybridized carbons (Fsp3) is 0.0714. The molecule has 0 saturated carbocycles. The lowest BCUT2D eigenvalue weighted by atomic mass is 10.2. The van der Waals surface area contributed by atoms with Crippen LogP contribution in [0.1, 0.15) is 15.9 Å². The lowest BCUT2D eigenvalue weighted by Crippen LogP contribution is -2.06. The van der Waals surface area contributed by atoms with E-state index in [4.69, 9.17) is 10.8 Å². The summed E-state index contributed by atoms with van der Waals surface area (Å²) >= 11 is 1.46. The molecule has 0 aliphatic rings. The molecule has 106 valence electrons. The smallest absolute Gasteiger partial charge is 0.337 e. The van der Waals surface area contributed by atoms with Crippen molar-refractivity contribution in [1.82, 2.24) is 9.97 Å². The van der Waals surface area contributed by atoms with E-state index in [9.17, 15) is 4.79 Å². The number of benzene rings is 1. The van der Waals surface area contributed by atoms with Crippen molar-refractivity contribution in [2.75, 3.05) is 11.1 Å². The normalized spacial score (nSPS) is 10.7. The number of aryl methyl sites for hydroxylation is 1. The van der Waals surface area contributed by atoms with Gasteiger partial charge in [0.25, 0.3) is 0 Å². The second-order valence-electron chi connectivity index (χ2n) is 4.54. The van der Waals surface area contributed by atoms with Crippen molar-refractivity contribution >= 4 is 44.2 Å². The largest absolute Gasteiger partial charge is 0.478 e. The van der Waals surface area contributed by atoms with Crippen LogP contribution in [0.3, 0.4) is 0 Å². The van der Waals surface area contributed by atoms with Crippen LogP contribution in [0.4, 0.5) is 16.6 Å². The van der Waals surface area contributed by atoms with E-state index in [1.54, 1.807) is 0 Å². The summed E-state index contributed by atoms with van der Waals surface area (Å²) in [5.41, 5.74) is 7.97. The third-order valence-electron chi connectivity index (χ3n) is 2.99. The van der Waals surface area contributed by atoms with Gasteiger partial charge in [-0.05, 0) is 30.7 Å². The highest BCUT2D eigenvalue weighted by atomic mass is 32.1. The molecule has 1 aromatic carbocycles. The van der Waals surface area contributed by atoms with Crippen LogP contribution in [0, 0.1) is 6.92 Å². The topological polar surface area (TPSA) is 101 Å². The SMILES string of the molecule is Cc1ccc2nc(Nc3nccc(C(=O)O)c3N)sc2c1. The van der Waals surface area contributed by atoms with Crippen LogP contribution in [0.5, 0.6) is 0 Å². The van der Waals surface area contributed by atoms with Crippen molar-refractivity contribution in [3.63, 3.8) is 0 Å². The van der Waals surface area contributed by atoms with Crippen molar-refractivity contribution in [2.24, 2.45) is 0 Å². The van der Waals surface area contributed by atoms with E-state index in [0.717, 1.165) is 15.8 Å². The Kier molecular flexibility index (Phi) is 3.19. The maximum atomic E-state index is 11.1. The van der Waals surface area contributed by atoms with Gasteiger partial charge in [-0.1, -0.05) is 17.4 Å². The zero-order chi connectivity index (χ0) is 15.0. The number of hydrogen-bond acceptors (Lipinski definition) is 6. The third kappa shape index (κ3) is 2.50. The van der Waals surface area contributed by atoms with Crippen LogP contribution >= 0.6 is 11.3 Å². The molecular weight excluding hydrogens is 288 g/mol. The molecule has 0 radical (unpaired) electrons. The highest BCUT2D eigenvalue weighted by molar-refractivity contribution is 7.22. The number of nitrogen functional groups attached to an aromatic ring is 1. The summed E-state index contributed by atoms with van der Waals surface area (Å²) < 4.78 is 1.05. The number of carboxylic acids is 1. The molecule has 3 rings (SSSR count). The van der Waals surface area contributed by atoms with E-state index in [0.29, 0.717) is 10.9 Å². The summed E-state index contributed by atoms with van der Waals surface area (Å²) in [5.74, 6) is -0.788. The van der Waals surface area contributed by atoms with Crippen molar-refractivity contribution in [3.8, 4) is 0 Å². The fourth-order valence-electron chi connectivity index (χ4n) is 1.95. The van der Waals surface area contributed by atoms with Crippen molar-refractivity contribution in [1.29, 1.82) is 0 Å². The molecule has 3 aromatic rings. The summed E-state index contributed by atoms with van der Waals surface area (Å²) in [6.45, 7) is 2.02. The number of anilines is 3. The van der Waals surface area contributed by atoms with Crippen LogP contribution in [0.15, 0.2) is 30.5 Å². The molecule has 0 fully saturated rings. The molecule has 0 atom stereocenters. The molecule has 0 bridgehead atoms. The second kappa shape index (κ2) is 5.02. The zero-order valence-electron chi connectivity index (χ0n) is 11.1. The Bertz CT molecular complexity index is 844. The first-order chi connectivity index (χ1) is 10.0. The first-order valence-electron chi connectivity index (χ1n) is 6.16. The van der Waals surface area contributed by atoms with E-state index < -0.39 is 5.97 Å². The maximum Gasteiger partial charge on any atom is 0.337 e. The van der Waals surface area contributed by atoms with E-state index in [1.807, 2.05) is 25.1 Å². The molecule has 0 amide bonds. The monoisotopic (exact) mass is 300 g/mol. The molecule has 0 spiro atoms. The highest BCUT2D eigenvalue weighted by Gasteiger charge is 2.13. The Labute approximate surface area is 124 Å². The molecule has 0 aliphatic heterocycles. The van der Waals surface area contributed by atoms with Crippen LogP contribution in [-0.4, -0.2) is 21.0 Å². The molecular formula is C14H12N4O2S. The van der Waals surface area contributed by atoms with Gasteiger partial charge < -0.3 is 16.2 Å². The predicted octanol–water partition coefficient (Wildman–Crippen LogP) is 3.02. The number of nitrogens with zero attached hydrogens (tertiary/aromatic N) is 2. The Morgan fingerprint density at radius 2 is 2.19 bits per heavy atom. The van der Waals surface area contributed by atoms with Gasteiger partial charge in [0.15, 0.2) is 10.9 Å². The third-order valence-corrected chi connectivity index (χ3v) is 3.92. The van der Waals surface area contributed by atoms with E-state index >= 15 is 0 Å². The average molecular weight is 300 g/mol. The molecule has 21 heavy (non-hydrogen) atoms. The van der Waals surface area contributed by atoms with E-state index in [-0.39, 0.29) is 11.3 Å². The number of pyridine rings is 1. The zero-order valence-corrected chi connectivity index (χ0v) is 11.9. The molecule has 4 N–H and O–H groups in total. The van der Waals surface area contributed by atoms with Crippen LogP contribution in [0.25, 0.3) is 10.2 Å². The highest BCUT2D eigenvalue weighted by Crippen LogP contribution is 2.30. The second-order valence-corrected chi connectivity index (χ2v) is 5.57. The number of thiazole rings is 1. The van der Waals surface area contributed by atoms with Gasteiger partial charge in [-0.3, -0.25) is 0 Å². The van der Waals surface area contributed by atoms with Gasteiger partial charge in [0.1, 0.15) is 0 Å². The summed E-state index contributed by atoms with van der Waals surface area (Å²) in [6.07, 6.45) is 1.40. The van der Waals surface area contributed by atoms with Crippen molar-refractivity contribution in [2.45, 2.75) is 6.92 Å². The molecule has 0 unspecified atom stereocenters. The predicted molar refractivity (Wildman–Crippen MR) is 83.2 cm³/mol. The van der Waals surface area contributed by atoms with E-state index in [2.05, 4.69) is 15.3 Å². The van der Waals surface area contributed by atoms with Crippen LogP contribution in [0.2, 0.25) is 0 Å². The number of nitrogens with one attached hydrogen (secondary N) is 1. The number of carbonyl (C=O) groups is 1. The number of hydrogen-bond donors (Lipinski definition) is 3. The van der Waals surface area contributed by atoms with E-state index in [1.165, 1.54) is 23.6 Å². The average Bonchev–Trinajstić information content (AvgIpc) is 2.82.